The lowest BCUT2D eigenvalue weighted by atomic mass is 9.81. The molecule has 298 valence electrons. The van der Waals surface area contributed by atoms with E-state index >= 15 is 0 Å². The lowest BCUT2D eigenvalue weighted by Gasteiger charge is -2.36. The van der Waals surface area contributed by atoms with Crippen LogP contribution in [-0.2, 0) is 58.5 Å². The third-order valence-corrected chi connectivity index (χ3v) is 11.0. The van der Waals surface area contributed by atoms with Crippen molar-refractivity contribution in [1.82, 2.24) is 9.55 Å². The molecule has 0 fully saturated rings. The number of ether oxygens (including phenoxy) is 7. The number of azide groups is 1. The van der Waals surface area contributed by atoms with Crippen molar-refractivity contribution in [2.45, 2.75) is 44.1 Å². The van der Waals surface area contributed by atoms with Crippen LogP contribution in [0.1, 0.15) is 57.1 Å². The quantitative estimate of drug-likeness (QED) is 0.0381. The van der Waals surface area contributed by atoms with Gasteiger partial charge in [-0.2, -0.15) is 0 Å². The van der Waals surface area contributed by atoms with Crippen molar-refractivity contribution in [1.29, 1.82) is 0 Å². The number of carbonyl (C=O) groups is 4. The molecule has 0 saturated heterocycles. The highest BCUT2D eigenvalue weighted by molar-refractivity contribution is 5.90. The van der Waals surface area contributed by atoms with Crippen molar-refractivity contribution in [2.24, 2.45) is 11.0 Å². The number of fused-ring (bicyclic) bond motifs is 7. The summed E-state index contributed by atoms with van der Waals surface area (Å²) in [6, 6.07) is 20.6. The van der Waals surface area contributed by atoms with Crippen molar-refractivity contribution in [3.63, 3.8) is 0 Å². The number of aromatic nitrogens is 2. The van der Waals surface area contributed by atoms with Crippen LogP contribution in [0.5, 0.6) is 17.2 Å². The number of hydrogen-bond donors (Lipinski definition) is 0. The molecular formula is C42H33N5O12. The minimum absolute atomic E-state index is 0.0517. The first kappa shape index (κ1) is 37.2. The fraction of sp³-hybridized carbons (Fsp3) is 0.286. The standard InChI is InChI=1S/C42H33N5O12/c43-46-44-12-11-42(31-16-33-37-27(13-25-3-1-2-4-32(25)45-37)17-47(33)39(50)30(31)19-55-41(42)52)59-36(49)20-54-28-9-7-23(8-10-28)40(51)58-38-26(18-53-21-48)6-5-24-14-34-35(15-29(24)38)57-22-56-34/h1-4,7-10,13-16,21,26,38H,5-6,11-12,17-20,22H2/t26?,38-,42-/m0/s1. The molecule has 0 saturated carbocycles. The zero-order valence-electron chi connectivity index (χ0n) is 31.2. The average Bonchev–Trinajstić information content (AvgIpc) is 3.86. The molecule has 5 aromatic rings. The van der Waals surface area contributed by atoms with E-state index in [0.717, 1.165) is 22.1 Å². The second-order valence-electron chi connectivity index (χ2n) is 14.4. The van der Waals surface area contributed by atoms with Crippen LogP contribution in [0.3, 0.4) is 0 Å². The van der Waals surface area contributed by atoms with Gasteiger partial charge >= 0.3 is 17.9 Å². The van der Waals surface area contributed by atoms with Crippen LogP contribution in [0.25, 0.3) is 32.7 Å². The zero-order chi connectivity index (χ0) is 40.7. The van der Waals surface area contributed by atoms with E-state index in [0.29, 0.717) is 47.7 Å². The van der Waals surface area contributed by atoms with Gasteiger partial charge in [-0.1, -0.05) is 23.3 Å². The number of esters is 3. The number of cyclic esters (lactones) is 1. The van der Waals surface area contributed by atoms with E-state index in [9.17, 15) is 24.0 Å². The summed E-state index contributed by atoms with van der Waals surface area (Å²) in [5.41, 5.74) is 11.1. The highest BCUT2D eigenvalue weighted by Gasteiger charge is 2.51. The average molecular weight is 800 g/mol. The summed E-state index contributed by atoms with van der Waals surface area (Å²) in [5.74, 6) is -1.54. The van der Waals surface area contributed by atoms with Crippen molar-refractivity contribution >= 4 is 35.3 Å². The number of rotatable bonds is 12. The second kappa shape index (κ2) is 15.2. The van der Waals surface area contributed by atoms with E-state index in [4.69, 9.17) is 43.7 Å². The summed E-state index contributed by atoms with van der Waals surface area (Å²) >= 11 is 0. The van der Waals surface area contributed by atoms with Crippen LogP contribution in [0, 0.1) is 5.92 Å². The number of carbonyl (C=O) groups excluding carboxylic acids is 4. The van der Waals surface area contributed by atoms with Gasteiger partial charge in [0.25, 0.3) is 12.0 Å². The van der Waals surface area contributed by atoms with Crippen LogP contribution in [0.4, 0.5) is 0 Å². The number of para-hydroxylation sites is 1. The predicted octanol–water partition coefficient (Wildman–Crippen LogP) is 5.36. The SMILES string of the molecule is [N-]=[N+]=NCC[C@@]1(OC(=O)COc2ccc(C(=O)O[C@@H]3c4cc5c(cc4CCC3COC=O)OCO5)cc2)C(=O)OCc2c1cc1n(c2=O)Cc2cc3ccccc3nc2-1. The Hall–Kier alpha value is -7.39. The topological polar surface area (TPSA) is 217 Å². The highest BCUT2D eigenvalue weighted by Crippen LogP contribution is 2.45. The monoisotopic (exact) mass is 799 g/mol. The number of hydrogen-bond acceptors (Lipinski definition) is 14. The van der Waals surface area contributed by atoms with Gasteiger partial charge in [-0.15, -0.1) is 0 Å². The molecule has 3 atom stereocenters. The molecule has 0 bridgehead atoms. The van der Waals surface area contributed by atoms with Gasteiger partial charge in [-0.3, -0.25) is 9.59 Å². The third-order valence-electron chi connectivity index (χ3n) is 11.0. The Bertz CT molecular complexity index is 2670. The lowest BCUT2D eigenvalue weighted by Crippen LogP contribution is -2.49. The molecule has 0 N–H and O–H groups in total. The molecule has 17 nitrogen and oxygen atoms in total. The Morgan fingerprint density at radius 3 is 2.64 bits per heavy atom. The van der Waals surface area contributed by atoms with E-state index in [2.05, 4.69) is 10.0 Å². The molecule has 5 heterocycles. The molecule has 9 rings (SSSR count). The molecule has 1 unspecified atom stereocenters. The molecule has 1 aliphatic carbocycles. The molecular weight excluding hydrogens is 766 g/mol. The number of nitrogens with zero attached hydrogens (tertiary/aromatic N) is 5. The Balaban J connectivity index is 0.931. The van der Waals surface area contributed by atoms with E-state index < -0.39 is 41.8 Å². The Labute approximate surface area is 333 Å². The van der Waals surface area contributed by atoms with Gasteiger partial charge in [-0.05, 0) is 78.5 Å². The van der Waals surface area contributed by atoms with Crippen LogP contribution in [0.2, 0.25) is 0 Å². The van der Waals surface area contributed by atoms with Gasteiger partial charge in [-0.25, -0.2) is 19.4 Å². The molecule has 3 aromatic carbocycles. The maximum absolute atomic E-state index is 14.0. The highest BCUT2D eigenvalue weighted by atomic mass is 16.7. The number of benzene rings is 3. The Morgan fingerprint density at radius 1 is 1.02 bits per heavy atom. The van der Waals surface area contributed by atoms with Gasteiger partial charge in [0, 0.05) is 45.9 Å². The molecule has 0 radical (unpaired) electrons. The maximum Gasteiger partial charge on any atom is 0.355 e. The first-order valence-corrected chi connectivity index (χ1v) is 18.7. The van der Waals surface area contributed by atoms with E-state index in [-0.39, 0.29) is 67.9 Å². The van der Waals surface area contributed by atoms with Crippen molar-refractivity contribution < 1.29 is 52.3 Å². The molecule has 4 aliphatic rings. The summed E-state index contributed by atoms with van der Waals surface area (Å²) in [6.45, 7) is -0.556. The summed E-state index contributed by atoms with van der Waals surface area (Å²) < 4.78 is 40.7. The van der Waals surface area contributed by atoms with Crippen molar-refractivity contribution in [3.8, 4) is 28.6 Å². The van der Waals surface area contributed by atoms with Gasteiger partial charge in [0.15, 0.2) is 18.1 Å². The first-order valence-electron chi connectivity index (χ1n) is 18.7. The fourth-order valence-electron chi connectivity index (χ4n) is 8.17. The van der Waals surface area contributed by atoms with E-state index in [1.807, 2.05) is 36.4 Å². The minimum Gasteiger partial charge on any atom is -0.482 e. The van der Waals surface area contributed by atoms with Crippen LogP contribution in [0.15, 0.2) is 82.7 Å². The Morgan fingerprint density at radius 2 is 1.83 bits per heavy atom. The molecule has 3 aliphatic heterocycles. The summed E-state index contributed by atoms with van der Waals surface area (Å²) in [4.78, 5) is 73.2. The summed E-state index contributed by atoms with van der Waals surface area (Å²) in [7, 11) is 0. The molecule has 0 amide bonds. The smallest absolute Gasteiger partial charge is 0.355 e. The van der Waals surface area contributed by atoms with Crippen LogP contribution in [-0.4, -0.2) is 60.5 Å². The zero-order valence-corrected chi connectivity index (χ0v) is 31.2. The first-order chi connectivity index (χ1) is 28.8. The molecule has 17 heteroatoms. The van der Waals surface area contributed by atoms with Crippen LogP contribution >= 0.6 is 0 Å². The Kier molecular flexibility index (Phi) is 9.57. The lowest BCUT2D eigenvalue weighted by molar-refractivity contribution is -0.190. The van der Waals surface area contributed by atoms with Crippen LogP contribution < -0.4 is 19.8 Å². The van der Waals surface area contributed by atoms with Gasteiger partial charge in [0.05, 0.1) is 41.2 Å². The van der Waals surface area contributed by atoms with Gasteiger partial charge in [0.1, 0.15) is 18.5 Å². The predicted molar refractivity (Wildman–Crippen MR) is 203 cm³/mol. The van der Waals surface area contributed by atoms with Gasteiger partial charge in [0.2, 0.25) is 12.4 Å². The third kappa shape index (κ3) is 6.70. The molecule has 59 heavy (non-hydrogen) atoms. The molecule has 2 aromatic heterocycles. The molecule has 0 spiro atoms. The fourth-order valence-corrected chi connectivity index (χ4v) is 8.17. The van der Waals surface area contributed by atoms with E-state index in [1.165, 1.54) is 24.3 Å². The maximum atomic E-state index is 14.0. The minimum atomic E-state index is -2.14. The number of pyridine rings is 2. The van der Waals surface area contributed by atoms with Crippen molar-refractivity contribution in [2.75, 3.05) is 26.6 Å². The van der Waals surface area contributed by atoms with Gasteiger partial charge < -0.3 is 37.7 Å². The van der Waals surface area contributed by atoms with E-state index in [1.54, 1.807) is 16.7 Å². The van der Waals surface area contributed by atoms with Crippen molar-refractivity contribution in [3.05, 3.63) is 127 Å². The number of aryl methyl sites for hydroxylation is 1. The normalized spacial score (nSPS) is 19.2. The summed E-state index contributed by atoms with van der Waals surface area (Å²) in [6.07, 6.45) is 0.203. The largest absolute Gasteiger partial charge is 0.482 e. The second-order valence-corrected chi connectivity index (χ2v) is 14.4. The summed E-state index contributed by atoms with van der Waals surface area (Å²) in [5, 5.41) is 4.47.